The van der Waals surface area contributed by atoms with Gasteiger partial charge in [0.1, 0.15) is 0 Å². The van der Waals surface area contributed by atoms with Crippen molar-refractivity contribution < 1.29 is 23.8 Å². The van der Waals surface area contributed by atoms with Crippen LogP contribution in [0.3, 0.4) is 0 Å². The first-order chi connectivity index (χ1) is 17.3. The lowest BCUT2D eigenvalue weighted by atomic mass is 9.59. The molecule has 0 bridgehead atoms. The number of carbonyl (C=O) groups is 2. The predicted molar refractivity (Wildman–Crippen MR) is 133 cm³/mol. The highest BCUT2D eigenvalue weighted by molar-refractivity contribution is 5.94. The van der Waals surface area contributed by atoms with E-state index in [0.29, 0.717) is 31.2 Å². The first-order valence-corrected chi connectivity index (χ1v) is 13.1. The summed E-state index contributed by atoms with van der Waals surface area (Å²) >= 11 is 0. The molecule has 4 aliphatic heterocycles. The van der Waals surface area contributed by atoms with Crippen LogP contribution in [-0.2, 0) is 15.1 Å². The molecule has 3 saturated heterocycles. The Morgan fingerprint density at radius 3 is 2.89 bits per heavy atom. The second-order valence-electron chi connectivity index (χ2n) is 11.1. The van der Waals surface area contributed by atoms with E-state index in [1.165, 1.54) is 0 Å². The molecule has 1 aliphatic carbocycles. The first-order valence-electron chi connectivity index (χ1n) is 13.1. The fourth-order valence-electron chi connectivity index (χ4n) is 6.90. The largest absolute Gasteiger partial charge is 0.454 e. The Hall–Kier alpha value is -3.00. The van der Waals surface area contributed by atoms with Crippen molar-refractivity contribution in [2.75, 3.05) is 33.0 Å². The van der Waals surface area contributed by atoms with Gasteiger partial charge in [-0.2, -0.15) is 0 Å². The van der Waals surface area contributed by atoms with Crippen LogP contribution in [0.25, 0.3) is 0 Å². The molecule has 3 amide bonds. The SMILES string of the molecule is CC(C)NC(=O)N1CCCC(CN2C(=O)C3(c4ccc5c(c4)OCO5)OCCC4C=CC=C2C43C)C1. The topological polar surface area (TPSA) is 80.3 Å². The summed E-state index contributed by atoms with van der Waals surface area (Å²) in [5.74, 6) is 1.70. The standard InChI is InChI=1S/C28H35N3O5/c1-18(2)29-26(33)30-12-5-6-19(15-30)16-31-24-8-4-7-20-11-13-36-28(25(31)32,27(20,24)3)21-9-10-22-23(14-21)35-17-34-22/h4,7-10,14,18-20H,5-6,11-13,15-17H2,1-3H3,(H,29,33). The van der Waals surface area contributed by atoms with Gasteiger partial charge in [-0.1, -0.05) is 18.2 Å². The van der Waals surface area contributed by atoms with E-state index in [1.807, 2.05) is 41.8 Å². The Morgan fingerprint density at radius 2 is 2.06 bits per heavy atom. The molecular weight excluding hydrogens is 458 g/mol. The highest BCUT2D eigenvalue weighted by atomic mass is 16.7. The molecule has 6 rings (SSSR count). The predicted octanol–water partition coefficient (Wildman–Crippen LogP) is 3.78. The van der Waals surface area contributed by atoms with E-state index in [4.69, 9.17) is 14.2 Å². The Kier molecular flexibility index (Phi) is 5.55. The van der Waals surface area contributed by atoms with Crippen LogP contribution in [0.5, 0.6) is 11.5 Å². The van der Waals surface area contributed by atoms with Crippen LogP contribution in [0.1, 0.15) is 45.6 Å². The quantitative estimate of drug-likeness (QED) is 0.691. The number of amides is 3. The second kappa shape index (κ2) is 8.54. The molecule has 0 aromatic heterocycles. The van der Waals surface area contributed by atoms with Crippen LogP contribution >= 0.6 is 0 Å². The highest BCUT2D eigenvalue weighted by Gasteiger charge is 2.70. The maximum absolute atomic E-state index is 14.5. The van der Waals surface area contributed by atoms with Gasteiger partial charge in [-0.15, -0.1) is 0 Å². The average molecular weight is 494 g/mol. The number of nitrogens with one attached hydrogen (secondary N) is 1. The molecule has 8 heteroatoms. The van der Waals surface area contributed by atoms with Gasteiger partial charge < -0.3 is 29.3 Å². The molecular formula is C28H35N3O5. The third kappa shape index (κ3) is 3.30. The van der Waals surface area contributed by atoms with Gasteiger partial charge >= 0.3 is 6.03 Å². The van der Waals surface area contributed by atoms with Gasteiger partial charge in [-0.05, 0) is 75.6 Å². The van der Waals surface area contributed by atoms with Gasteiger partial charge in [0.15, 0.2) is 17.1 Å². The Bertz CT molecular complexity index is 1150. The van der Waals surface area contributed by atoms with Crippen molar-refractivity contribution in [3.63, 3.8) is 0 Å². The van der Waals surface area contributed by atoms with E-state index in [2.05, 4.69) is 30.5 Å². The van der Waals surface area contributed by atoms with E-state index < -0.39 is 11.0 Å². The first kappa shape index (κ1) is 23.4. The summed E-state index contributed by atoms with van der Waals surface area (Å²) in [7, 11) is 0. The third-order valence-corrected chi connectivity index (χ3v) is 8.63. The molecule has 1 aromatic rings. The fourth-order valence-corrected chi connectivity index (χ4v) is 6.90. The number of nitrogens with zero attached hydrogens (tertiary/aromatic N) is 2. The summed E-state index contributed by atoms with van der Waals surface area (Å²) < 4.78 is 17.8. The van der Waals surface area contributed by atoms with E-state index in [-0.39, 0.29) is 36.6 Å². The molecule has 192 valence electrons. The summed E-state index contributed by atoms with van der Waals surface area (Å²) in [4.78, 5) is 31.1. The molecule has 3 fully saturated rings. The average Bonchev–Trinajstić information content (AvgIpc) is 3.40. The molecule has 1 aromatic carbocycles. The summed E-state index contributed by atoms with van der Waals surface area (Å²) in [5.41, 5.74) is 0.167. The minimum atomic E-state index is -1.13. The molecule has 36 heavy (non-hydrogen) atoms. The summed E-state index contributed by atoms with van der Waals surface area (Å²) in [6, 6.07) is 5.83. The lowest BCUT2D eigenvalue weighted by Crippen LogP contribution is -2.55. The number of likely N-dealkylation sites (tertiary alicyclic amines) is 2. The molecule has 0 spiro atoms. The fraction of sp³-hybridized carbons (Fsp3) is 0.571. The van der Waals surface area contributed by atoms with Gasteiger partial charge in [0.05, 0.1) is 5.41 Å². The number of hydrogen-bond donors (Lipinski definition) is 1. The minimum Gasteiger partial charge on any atom is -0.454 e. The van der Waals surface area contributed by atoms with Crippen molar-refractivity contribution in [2.45, 2.75) is 51.7 Å². The van der Waals surface area contributed by atoms with Crippen molar-refractivity contribution >= 4 is 11.9 Å². The number of allylic oxidation sites excluding steroid dienone is 3. The lowest BCUT2D eigenvalue weighted by Gasteiger charge is -2.50. The van der Waals surface area contributed by atoms with E-state index in [1.54, 1.807) is 0 Å². The molecule has 1 N–H and O–H groups in total. The van der Waals surface area contributed by atoms with Crippen LogP contribution in [-0.4, -0.2) is 60.8 Å². The van der Waals surface area contributed by atoms with Gasteiger partial charge in [0, 0.05) is 38.0 Å². The molecule has 4 unspecified atom stereocenters. The number of benzene rings is 1. The van der Waals surface area contributed by atoms with E-state index >= 15 is 0 Å². The number of urea groups is 1. The van der Waals surface area contributed by atoms with E-state index in [0.717, 1.165) is 37.1 Å². The molecule has 4 heterocycles. The van der Waals surface area contributed by atoms with E-state index in [9.17, 15) is 9.59 Å². The summed E-state index contributed by atoms with van der Waals surface area (Å²) in [6.45, 7) is 8.78. The monoisotopic (exact) mass is 493 g/mol. The maximum atomic E-state index is 14.5. The van der Waals surface area contributed by atoms with Crippen LogP contribution in [0.4, 0.5) is 4.79 Å². The number of rotatable bonds is 4. The number of fused-ring (bicyclic) bond motifs is 1. The zero-order chi connectivity index (χ0) is 25.1. The van der Waals surface area contributed by atoms with Crippen molar-refractivity contribution in [2.24, 2.45) is 17.3 Å². The smallest absolute Gasteiger partial charge is 0.317 e. The van der Waals surface area contributed by atoms with Crippen LogP contribution in [0.15, 0.2) is 42.1 Å². The van der Waals surface area contributed by atoms with Crippen LogP contribution in [0, 0.1) is 17.3 Å². The molecule has 0 radical (unpaired) electrons. The van der Waals surface area contributed by atoms with Gasteiger partial charge in [0.2, 0.25) is 6.79 Å². The van der Waals surface area contributed by atoms with Crippen molar-refractivity contribution in [3.05, 3.63) is 47.7 Å². The third-order valence-electron chi connectivity index (χ3n) is 8.63. The number of piperidine rings is 1. The van der Waals surface area contributed by atoms with Crippen LogP contribution in [0.2, 0.25) is 0 Å². The van der Waals surface area contributed by atoms with Gasteiger partial charge in [-0.3, -0.25) is 4.79 Å². The minimum absolute atomic E-state index is 0.0210. The maximum Gasteiger partial charge on any atom is 0.317 e. The zero-order valence-electron chi connectivity index (χ0n) is 21.3. The highest BCUT2D eigenvalue weighted by Crippen LogP contribution is 2.64. The zero-order valence-corrected chi connectivity index (χ0v) is 21.3. The normalized spacial score (nSPS) is 32.6. The second-order valence-corrected chi connectivity index (χ2v) is 11.1. The number of ether oxygens (including phenoxy) is 3. The summed E-state index contributed by atoms with van der Waals surface area (Å²) in [6.07, 6.45) is 9.18. The van der Waals surface area contributed by atoms with Gasteiger partial charge in [-0.25, -0.2) is 4.79 Å². The van der Waals surface area contributed by atoms with Crippen molar-refractivity contribution in [1.82, 2.24) is 15.1 Å². The Balaban J connectivity index is 1.35. The van der Waals surface area contributed by atoms with Crippen molar-refractivity contribution in [1.29, 1.82) is 0 Å². The molecule has 5 aliphatic rings. The van der Waals surface area contributed by atoms with Crippen LogP contribution < -0.4 is 14.8 Å². The molecule has 4 atom stereocenters. The lowest BCUT2D eigenvalue weighted by molar-refractivity contribution is -0.180. The Labute approximate surface area is 212 Å². The van der Waals surface area contributed by atoms with Gasteiger partial charge in [0.25, 0.3) is 5.91 Å². The van der Waals surface area contributed by atoms with Crippen molar-refractivity contribution in [3.8, 4) is 11.5 Å². The summed E-state index contributed by atoms with van der Waals surface area (Å²) in [5, 5.41) is 3.01. The molecule has 8 nitrogen and oxygen atoms in total. The Morgan fingerprint density at radius 1 is 1.22 bits per heavy atom. The molecule has 0 saturated carbocycles. The number of hydrogen-bond acceptors (Lipinski definition) is 5. The number of carbonyl (C=O) groups excluding carboxylic acids is 2.